The maximum atomic E-state index is 14.1. The first-order chi connectivity index (χ1) is 17.5. The molecule has 3 aromatic carbocycles. The van der Waals surface area contributed by atoms with Crippen LogP contribution in [-0.4, -0.2) is 34.4 Å². The third-order valence-corrected chi connectivity index (χ3v) is 7.39. The summed E-state index contributed by atoms with van der Waals surface area (Å²) in [6, 6.07) is 15.4. The van der Waals surface area contributed by atoms with Crippen LogP contribution < -0.4 is 4.74 Å². The van der Waals surface area contributed by atoms with Crippen molar-refractivity contribution in [2.45, 2.75) is 38.4 Å². The molecule has 1 saturated heterocycles. The number of aromatic amines is 1. The van der Waals surface area contributed by atoms with Crippen molar-refractivity contribution in [3.63, 3.8) is 0 Å². The van der Waals surface area contributed by atoms with Crippen LogP contribution >= 0.6 is 11.6 Å². The van der Waals surface area contributed by atoms with E-state index in [9.17, 15) is 18.0 Å². The van der Waals surface area contributed by atoms with Crippen molar-refractivity contribution >= 4 is 28.5 Å². The van der Waals surface area contributed by atoms with Gasteiger partial charge in [-0.1, -0.05) is 47.5 Å². The lowest BCUT2D eigenvalue weighted by atomic mass is 9.93. The smallest absolute Gasteiger partial charge is 0.417 e. The zero-order valence-corrected chi connectivity index (χ0v) is 21.3. The topological polar surface area (TPSA) is 58.2 Å². The summed E-state index contributed by atoms with van der Waals surface area (Å²) in [7, 11) is 1.59. The molecule has 1 fully saturated rings. The number of hydrogen-bond donors (Lipinski definition) is 1. The number of H-pyrrole nitrogens is 1. The van der Waals surface area contributed by atoms with Crippen molar-refractivity contribution in [1.29, 1.82) is 0 Å². The van der Waals surface area contributed by atoms with E-state index in [-0.39, 0.29) is 11.4 Å². The summed E-state index contributed by atoms with van der Waals surface area (Å²) in [4.78, 5) is 23.5. The summed E-state index contributed by atoms with van der Waals surface area (Å²) in [5, 5.41) is -0.413. The molecule has 1 aromatic heterocycles. The number of imidazole rings is 1. The number of methoxy groups -OCH3 is 1. The number of fused-ring (bicyclic) bond motifs is 1. The molecule has 37 heavy (non-hydrogen) atoms. The average Bonchev–Trinajstić information content (AvgIpc) is 3.46. The minimum atomic E-state index is -4.59. The SMILES string of the molecule is COc1ccccc1-c1ccc(C)cc1C(=O)N1CCC[C@@]1(C)c1nc2cc(Cl)c(C(F)(F)F)cc2[nH]1. The minimum Gasteiger partial charge on any atom is -0.496 e. The molecule has 1 amide bonds. The highest BCUT2D eigenvalue weighted by molar-refractivity contribution is 6.32. The van der Waals surface area contributed by atoms with E-state index in [2.05, 4.69) is 9.97 Å². The van der Waals surface area contributed by atoms with E-state index in [0.717, 1.165) is 29.2 Å². The first-order valence-corrected chi connectivity index (χ1v) is 12.2. The largest absolute Gasteiger partial charge is 0.496 e. The van der Waals surface area contributed by atoms with Crippen LogP contribution in [0.4, 0.5) is 13.2 Å². The summed E-state index contributed by atoms with van der Waals surface area (Å²) in [5.41, 5.74) is 1.76. The number of halogens is 4. The Labute approximate surface area is 217 Å². The van der Waals surface area contributed by atoms with Gasteiger partial charge in [-0.2, -0.15) is 13.2 Å². The monoisotopic (exact) mass is 527 g/mol. The highest BCUT2D eigenvalue weighted by Crippen LogP contribution is 2.42. The standard InChI is InChI=1S/C28H25ClF3N3O2/c1-16-9-10-17(18-7-4-5-8-24(18)37-3)19(13-16)25(36)35-12-6-11-27(35,2)26-33-22-14-20(28(30,31)32)21(29)15-23(22)34-26/h4-5,7-10,13-15H,6,11-12H2,1-3H3,(H,33,34)/t27-/m0/s1. The van der Waals surface area contributed by atoms with E-state index in [1.54, 1.807) is 12.0 Å². The van der Waals surface area contributed by atoms with Crippen LogP contribution in [-0.2, 0) is 11.7 Å². The number of nitrogens with zero attached hydrogens (tertiary/aromatic N) is 2. The lowest BCUT2D eigenvalue weighted by Gasteiger charge is -2.34. The molecular weight excluding hydrogens is 503 g/mol. The van der Waals surface area contributed by atoms with Crippen molar-refractivity contribution in [1.82, 2.24) is 14.9 Å². The van der Waals surface area contributed by atoms with E-state index >= 15 is 0 Å². The van der Waals surface area contributed by atoms with Crippen LogP contribution in [0.2, 0.25) is 5.02 Å². The normalized spacial score (nSPS) is 18.0. The summed E-state index contributed by atoms with van der Waals surface area (Å²) in [6.07, 6.45) is -3.26. The van der Waals surface area contributed by atoms with Crippen molar-refractivity contribution in [3.8, 4) is 16.9 Å². The third-order valence-electron chi connectivity index (χ3n) is 7.08. The van der Waals surface area contributed by atoms with Crippen LogP contribution in [0.1, 0.15) is 47.1 Å². The number of rotatable bonds is 4. The summed E-state index contributed by atoms with van der Waals surface area (Å²) >= 11 is 5.92. The molecule has 0 unspecified atom stereocenters. The molecule has 192 valence electrons. The Morgan fingerprint density at radius 3 is 2.62 bits per heavy atom. The number of likely N-dealkylation sites (tertiary alicyclic amines) is 1. The van der Waals surface area contributed by atoms with E-state index in [0.29, 0.717) is 35.6 Å². The molecule has 0 aliphatic carbocycles. The summed E-state index contributed by atoms with van der Waals surface area (Å²) in [5.74, 6) is 0.897. The number of carbonyl (C=O) groups is 1. The van der Waals surface area contributed by atoms with Gasteiger partial charge in [-0.15, -0.1) is 0 Å². The summed E-state index contributed by atoms with van der Waals surface area (Å²) in [6.45, 7) is 4.30. The number of amides is 1. The number of aromatic nitrogens is 2. The van der Waals surface area contributed by atoms with Crippen molar-refractivity contribution in [3.05, 3.63) is 82.1 Å². The number of aryl methyl sites for hydroxylation is 1. The second-order valence-corrected chi connectivity index (χ2v) is 9.92. The average molecular weight is 528 g/mol. The molecule has 1 atom stereocenters. The molecule has 1 N–H and O–H groups in total. The minimum absolute atomic E-state index is 0.181. The Balaban J connectivity index is 1.59. The number of para-hydroxylation sites is 1. The first-order valence-electron chi connectivity index (χ1n) is 11.9. The molecule has 0 saturated carbocycles. The van der Waals surface area contributed by atoms with E-state index in [1.807, 2.05) is 56.3 Å². The molecule has 2 heterocycles. The summed E-state index contributed by atoms with van der Waals surface area (Å²) < 4.78 is 45.7. The van der Waals surface area contributed by atoms with Crippen molar-refractivity contribution < 1.29 is 22.7 Å². The number of carbonyl (C=O) groups excluding carboxylic acids is 1. The fraction of sp³-hybridized carbons (Fsp3) is 0.286. The van der Waals surface area contributed by atoms with E-state index in [1.165, 1.54) is 6.07 Å². The second kappa shape index (κ2) is 9.10. The quantitative estimate of drug-likeness (QED) is 0.301. The van der Waals surface area contributed by atoms with Gasteiger partial charge in [0.2, 0.25) is 0 Å². The third kappa shape index (κ3) is 4.33. The van der Waals surface area contributed by atoms with Gasteiger partial charge in [-0.05, 0) is 56.5 Å². The van der Waals surface area contributed by atoms with Gasteiger partial charge in [0.1, 0.15) is 11.6 Å². The van der Waals surface area contributed by atoms with Gasteiger partial charge < -0.3 is 14.6 Å². The van der Waals surface area contributed by atoms with E-state index in [4.69, 9.17) is 16.3 Å². The van der Waals surface area contributed by atoms with Crippen LogP contribution in [0.3, 0.4) is 0 Å². The molecule has 5 nitrogen and oxygen atoms in total. The lowest BCUT2D eigenvalue weighted by Crippen LogP contribution is -2.43. The molecule has 0 spiro atoms. The Hall–Kier alpha value is -3.52. The highest BCUT2D eigenvalue weighted by Gasteiger charge is 2.44. The Morgan fingerprint density at radius 1 is 1.14 bits per heavy atom. The second-order valence-electron chi connectivity index (χ2n) is 9.52. The van der Waals surface area contributed by atoms with Gasteiger partial charge in [0.05, 0.1) is 34.3 Å². The molecular formula is C28H25ClF3N3O2. The fourth-order valence-corrected chi connectivity index (χ4v) is 5.39. The molecule has 9 heteroatoms. The van der Waals surface area contributed by atoms with Gasteiger partial charge in [0, 0.05) is 17.7 Å². The number of hydrogen-bond acceptors (Lipinski definition) is 3. The molecule has 1 aliphatic heterocycles. The predicted octanol–water partition coefficient (Wildman–Crippen LogP) is 7.37. The van der Waals surface area contributed by atoms with Gasteiger partial charge in [0.25, 0.3) is 5.91 Å². The van der Waals surface area contributed by atoms with Gasteiger partial charge in [0.15, 0.2) is 0 Å². The van der Waals surface area contributed by atoms with Gasteiger partial charge in [-0.25, -0.2) is 4.98 Å². The number of benzene rings is 3. The molecule has 0 bridgehead atoms. The van der Waals surface area contributed by atoms with Crippen LogP contribution in [0.25, 0.3) is 22.2 Å². The van der Waals surface area contributed by atoms with Crippen molar-refractivity contribution in [2.75, 3.05) is 13.7 Å². The molecule has 0 radical (unpaired) electrons. The number of ether oxygens (including phenoxy) is 1. The first kappa shape index (κ1) is 25.1. The maximum absolute atomic E-state index is 14.1. The van der Waals surface area contributed by atoms with Crippen molar-refractivity contribution in [2.24, 2.45) is 0 Å². The predicted molar refractivity (Wildman–Crippen MR) is 137 cm³/mol. The number of nitrogens with one attached hydrogen (secondary N) is 1. The van der Waals surface area contributed by atoms with Crippen LogP contribution in [0.5, 0.6) is 5.75 Å². The lowest BCUT2D eigenvalue weighted by molar-refractivity contribution is -0.137. The fourth-order valence-electron chi connectivity index (χ4n) is 5.12. The Kier molecular flexibility index (Phi) is 6.18. The van der Waals surface area contributed by atoms with Crippen LogP contribution in [0.15, 0.2) is 54.6 Å². The van der Waals surface area contributed by atoms with Gasteiger partial charge >= 0.3 is 6.18 Å². The van der Waals surface area contributed by atoms with E-state index < -0.39 is 22.3 Å². The maximum Gasteiger partial charge on any atom is 0.417 e. The molecule has 5 rings (SSSR count). The van der Waals surface area contributed by atoms with Crippen LogP contribution in [0, 0.1) is 6.92 Å². The number of alkyl halides is 3. The Bertz CT molecular complexity index is 1510. The van der Waals surface area contributed by atoms with Gasteiger partial charge in [-0.3, -0.25) is 4.79 Å². The highest BCUT2D eigenvalue weighted by atomic mass is 35.5. The Morgan fingerprint density at radius 2 is 1.89 bits per heavy atom. The zero-order chi connectivity index (χ0) is 26.5. The molecule has 1 aliphatic rings. The molecule has 4 aromatic rings. The zero-order valence-electron chi connectivity index (χ0n) is 20.5.